The average molecular weight is 686 g/mol. The molecule has 0 bridgehead atoms. The summed E-state index contributed by atoms with van der Waals surface area (Å²) in [7, 11) is 4.85. The molecule has 0 atom stereocenters. The van der Waals surface area contributed by atoms with E-state index < -0.39 is 11.5 Å². The van der Waals surface area contributed by atoms with Crippen molar-refractivity contribution in [2.45, 2.75) is 56.4 Å². The van der Waals surface area contributed by atoms with Crippen LogP contribution in [0.5, 0.6) is 5.75 Å². The summed E-state index contributed by atoms with van der Waals surface area (Å²) in [6, 6.07) is 10.9. The third-order valence-electron chi connectivity index (χ3n) is 9.51. The number of fused-ring (bicyclic) bond motifs is 1. The van der Waals surface area contributed by atoms with Gasteiger partial charge in [0.1, 0.15) is 17.9 Å². The molecule has 0 unspecified atom stereocenters. The lowest BCUT2D eigenvalue weighted by atomic mass is 9.75. The van der Waals surface area contributed by atoms with Crippen LogP contribution < -0.4 is 15.4 Å². The molecule has 2 fully saturated rings. The van der Waals surface area contributed by atoms with E-state index >= 15 is 0 Å². The quantitative estimate of drug-likeness (QED) is 0.0988. The van der Waals surface area contributed by atoms with Gasteiger partial charge in [0.05, 0.1) is 24.4 Å². The Hall–Kier alpha value is -4.74. The smallest absolute Gasteiger partial charge is 0.330 e. The highest BCUT2D eigenvalue weighted by Crippen LogP contribution is 2.44. The fourth-order valence-corrected chi connectivity index (χ4v) is 6.85. The number of anilines is 1. The molecular formula is C37H40ClN5O6. The summed E-state index contributed by atoms with van der Waals surface area (Å²) in [5, 5.41) is 7.58. The molecule has 2 heterocycles. The Kier molecular flexibility index (Phi) is 10.3. The third-order valence-corrected chi connectivity index (χ3v) is 9.70. The van der Waals surface area contributed by atoms with Crippen molar-refractivity contribution in [3.8, 4) is 17.3 Å². The average Bonchev–Trinajstić information content (AvgIpc) is 3.72. The van der Waals surface area contributed by atoms with Gasteiger partial charge in [-0.3, -0.25) is 9.59 Å². The van der Waals surface area contributed by atoms with Gasteiger partial charge in [0, 0.05) is 66.4 Å². The van der Waals surface area contributed by atoms with Crippen molar-refractivity contribution in [1.82, 2.24) is 19.9 Å². The fraction of sp³-hybridized carbons (Fsp3) is 0.378. The number of aromatic nitrogens is 3. The first-order chi connectivity index (χ1) is 23.7. The minimum atomic E-state index is -1.06. The Morgan fingerprint density at radius 3 is 2.45 bits per heavy atom. The molecule has 0 saturated heterocycles. The van der Waals surface area contributed by atoms with Crippen LogP contribution in [0.1, 0.15) is 72.3 Å². The van der Waals surface area contributed by atoms with Gasteiger partial charge in [0.25, 0.3) is 5.91 Å². The summed E-state index contributed by atoms with van der Waals surface area (Å²) < 4.78 is 17.7. The van der Waals surface area contributed by atoms with Crippen LogP contribution in [0.3, 0.4) is 0 Å². The van der Waals surface area contributed by atoms with Gasteiger partial charge >= 0.3 is 5.97 Å². The first kappa shape index (κ1) is 34.1. The molecule has 6 rings (SSSR count). The molecule has 2 aromatic heterocycles. The number of halogens is 1. The molecule has 0 spiro atoms. The van der Waals surface area contributed by atoms with Crippen LogP contribution in [0, 0.1) is 0 Å². The first-order valence-electron chi connectivity index (χ1n) is 16.5. The SMILES string of the molecule is COCCOc1cc(NC(=O)C2(NC(=O)c3ccc4c(C5CCCC5)c(-c5ncc(Cl)cn5)n(C)c4c3)CCC2)ccc1/C=C/C(=O)OC. The van der Waals surface area contributed by atoms with E-state index in [4.69, 9.17) is 25.8 Å². The van der Waals surface area contributed by atoms with E-state index in [2.05, 4.69) is 25.2 Å². The molecule has 2 amide bonds. The van der Waals surface area contributed by atoms with Gasteiger partial charge in [-0.15, -0.1) is 0 Å². The van der Waals surface area contributed by atoms with E-state index in [1.807, 2.05) is 25.2 Å². The number of ether oxygens (including phenoxy) is 3. The van der Waals surface area contributed by atoms with Crippen LogP contribution >= 0.6 is 11.6 Å². The fourth-order valence-electron chi connectivity index (χ4n) is 6.75. The molecule has 2 aliphatic rings. The van der Waals surface area contributed by atoms with Crippen molar-refractivity contribution in [3.05, 3.63) is 76.6 Å². The van der Waals surface area contributed by atoms with E-state index in [0.717, 1.165) is 35.9 Å². The number of carbonyl (C=O) groups excluding carboxylic acids is 3. The van der Waals surface area contributed by atoms with Gasteiger partial charge in [-0.05, 0) is 73.9 Å². The second-order valence-electron chi connectivity index (χ2n) is 12.6. The van der Waals surface area contributed by atoms with Gasteiger partial charge in [0.2, 0.25) is 5.91 Å². The van der Waals surface area contributed by atoms with Crippen molar-refractivity contribution in [3.63, 3.8) is 0 Å². The number of nitrogens with zero attached hydrogens (tertiary/aromatic N) is 3. The number of rotatable bonds is 12. The van der Waals surface area contributed by atoms with Crippen LogP contribution in [0.15, 0.2) is 54.9 Å². The van der Waals surface area contributed by atoms with Gasteiger partial charge in [-0.2, -0.15) is 0 Å². The van der Waals surface area contributed by atoms with E-state index in [-0.39, 0.29) is 18.4 Å². The normalized spacial score (nSPS) is 15.7. The number of hydrogen-bond donors (Lipinski definition) is 2. The Morgan fingerprint density at radius 1 is 1.02 bits per heavy atom. The Labute approximate surface area is 290 Å². The highest BCUT2D eigenvalue weighted by molar-refractivity contribution is 6.30. The monoisotopic (exact) mass is 685 g/mol. The van der Waals surface area contributed by atoms with E-state index in [0.29, 0.717) is 58.8 Å². The first-order valence-corrected chi connectivity index (χ1v) is 16.9. The van der Waals surface area contributed by atoms with Crippen molar-refractivity contribution in [1.29, 1.82) is 0 Å². The predicted molar refractivity (Wildman–Crippen MR) is 188 cm³/mol. The number of nitrogens with one attached hydrogen (secondary N) is 2. The summed E-state index contributed by atoms with van der Waals surface area (Å²) in [6.45, 7) is 0.632. The third kappa shape index (κ3) is 7.18. The summed E-state index contributed by atoms with van der Waals surface area (Å²) in [5.74, 6) is 0.302. The van der Waals surface area contributed by atoms with Crippen LogP contribution in [0.25, 0.3) is 28.5 Å². The van der Waals surface area contributed by atoms with Crippen molar-refractivity contribution in [2.75, 3.05) is 32.8 Å². The summed E-state index contributed by atoms with van der Waals surface area (Å²) in [5.41, 5.74) is 3.57. The van der Waals surface area contributed by atoms with Gasteiger partial charge < -0.3 is 29.4 Å². The van der Waals surface area contributed by atoms with Crippen molar-refractivity contribution < 1.29 is 28.6 Å². The van der Waals surface area contributed by atoms with Crippen LogP contribution in [-0.4, -0.2) is 65.3 Å². The van der Waals surface area contributed by atoms with Gasteiger partial charge in [-0.1, -0.05) is 30.5 Å². The zero-order valence-corrected chi connectivity index (χ0v) is 28.6. The molecular weight excluding hydrogens is 646 g/mol. The molecule has 2 saturated carbocycles. The highest BCUT2D eigenvalue weighted by atomic mass is 35.5. The van der Waals surface area contributed by atoms with Crippen LogP contribution in [0.2, 0.25) is 5.02 Å². The number of aryl methyl sites for hydroxylation is 1. The Morgan fingerprint density at radius 2 is 1.78 bits per heavy atom. The topological polar surface area (TPSA) is 134 Å². The number of esters is 1. The molecule has 2 aromatic carbocycles. The standard InChI is InChI=1S/C37H40ClN5O6/c1-43-29-19-25(10-13-28(29)32(24-7-4-5-8-24)33(43)34-39-21-26(38)22-40-34)35(45)42-37(15-6-16-37)36(46)41-27-12-9-23(11-14-31(44)48-3)30(20-27)49-18-17-47-2/h9-14,19-22,24H,4-8,15-18H2,1-3H3,(H,41,46)(H,42,45)/b14-11+. The summed E-state index contributed by atoms with van der Waals surface area (Å²) in [6.07, 6.45) is 12.4. The van der Waals surface area contributed by atoms with Crippen molar-refractivity contribution in [2.24, 2.45) is 7.05 Å². The summed E-state index contributed by atoms with van der Waals surface area (Å²) >= 11 is 6.11. The lowest BCUT2D eigenvalue weighted by Gasteiger charge is -2.40. The summed E-state index contributed by atoms with van der Waals surface area (Å²) in [4.78, 5) is 48.3. The molecule has 11 nitrogen and oxygen atoms in total. The second-order valence-corrected chi connectivity index (χ2v) is 13.0. The molecule has 0 aliphatic heterocycles. The molecule has 49 heavy (non-hydrogen) atoms. The van der Waals surface area contributed by atoms with Crippen LogP contribution in [-0.2, 0) is 26.1 Å². The Balaban J connectivity index is 1.24. The van der Waals surface area contributed by atoms with Gasteiger partial charge in [0.15, 0.2) is 5.82 Å². The van der Waals surface area contributed by atoms with Crippen molar-refractivity contribution >= 4 is 52.1 Å². The zero-order chi connectivity index (χ0) is 34.5. The predicted octanol–water partition coefficient (Wildman–Crippen LogP) is 6.45. The lowest BCUT2D eigenvalue weighted by Crippen LogP contribution is -2.61. The number of benzene rings is 2. The largest absolute Gasteiger partial charge is 0.490 e. The molecule has 4 aromatic rings. The minimum absolute atomic E-state index is 0.273. The maximum absolute atomic E-state index is 13.8. The van der Waals surface area contributed by atoms with E-state index in [9.17, 15) is 14.4 Å². The molecule has 2 aliphatic carbocycles. The van der Waals surface area contributed by atoms with Crippen LogP contribution in [0.4, 0.5) is 5.69 Å². The number of amides is 2. The number of carbonyl (C=O) groups is 3. The second kappa shape index (κ2) is 14.8. The number of hydrogen-bond acceptors (Lipinski definition) is 8. The molecule has 2 N–H and O–H groups in total. The zero-order valence-electron chi connectivity index (χ0n) is 27.9. The van der Waals surface area contributed by atoms with E-state index in [1.165, 1.54) is 31.6 Å². The van der Waals surface area contributed by atoms with E-state index in [1.54, 1.807) is 43.8 Å². The lowest BCUT2D eigenvalue weighted by molar-refractivity contribution is -0.134. The minimum Gasteiger partial charge on any atom is -0.490 e. The Bertz CT molecular complexity index is 1890. The maximum Gasteiger partial charge on any atom is 0.330 e. The number of methoxy groups -OCH3 is 2. The molecule has 12 heteroatoms. The molecule has 256 valence electrons. The maximum atomic E-state index is 13.8. The molecule has 0 radical (unpaired) electrons. The van der Waals surface area contributed by atoms with Gasteiger partial charge in [-0.25, -0.2) is 14.8 Å². The highest BCUT2D eigenvalue weighted by Gasteiger charge is 2.45.